The number of carbonyl (C=O) groups excluding carboxylic acids is 1. The van der Waals surface area contributed by atoms with Gasteiger partial charge in [0.1, 0.15) is 9.96 Å². The van der Waals surface area contributed by atoms with Gasteiger partial charge in [0, 0.05) is 4.88 Å². The van der Waals surface area contributed by atoms with Crippen molar-refractivity contribution in [3.8, 4) is 5.75 Å². The van der Waals surface area contributed by atoms with Gasteiger partial charge >= 0.3 is 0 Å². The predicted octanol–water partition coefficient (Wildman–Crippen LogP) is 2.39. The van der Waals surface area contributed by atoms with Crippen molar-refractivity contribution in [1.29, 1.82) is 0 Å². The molecule has 1 amide bonds. The van der Waals surface area contributed by atoms with Crippen LogP contribution < -0.4 is 15.2 Å². The van der Waals surface area contributed by atoms with Crippen LogP contribution in [0.1, 0.15) is 31.2 Å². The van der Waals surface area contributed by atoms with E-state index in [4.69, 9.17) is 9.88 Å². The fraction of sp³-hybridized carbons (Fsp3) is 0.353. The van der Waals surface area contributed by atoms with Gasteiger partial charge in [-0.15, -0.1) is 11.3 Å². The van der Waals surface area contributed by atoms with Crippen LogP contribution in [0.15, 0.2) is 40.6 Å². The molecule has 2 aromatic rings. The van der Waals surface area contributed by atoms with Gasteiger partial charge in [-0.3, -0.25) is 4.79 Å². The summed E-state index contributed by atoms with van der Waals surface area (Å²) >= 11 is 1.03. The second kappa shape index (κ2) is 7.55. The molecule has 0 aliphatic carbocycles. The summed E-state index contributed by atoms with van der Waals surface area (Å²) < 4.78 is 28.0. The predicted molar refractivity (Wildman–Crippen MR) is 98.2 cm³/mol. The third kappa shape index (κ3) is 5.84. The summed E-state index contributed by atoms with van der Waals surface area (Å²) in [6, 6.07) is 10.7. The molecule has 1 aromatic heterocycles. The number of hydrogen-bond donors (Lipinski definition) is 2. The summed E-state index contributed by atoms with van der Waals surface area (Å²) in [6.07, 6.45) is 0. The largest absolute Gasteiger partial charge is 0.484 e. The van der Waals surface area contributed by atoms with E-state index in [2.05, 4.69) is 26.1 Å². The highest BCUT2D eigenvalue weighted by atomic mass is 32.2. The van der Waals surface area contributed by atoms with Gasteiger partial charge in [-0.1, -0.05) is 32.9 Å². The second-order valence-corrected chi connectivity index (χ2v) is 9.56. The van der Waals surface area contributed by atoms with E-state index in [-0.39, 0.29) is 28.7 Å². The summed E-state index contributed by atoms with van der Waals surface area (Å²) in [5, 5.41) is 7.73. The lowest BCUT2D eigenvalue weighted by molar-refractivity contribution is -0.123. The highest BCUT2D eigenvalue weighted by Gasteiger charge is 2.14. The molecule has 2 rings (SSSR count). The van der Waals surface area contributed by atoms with Gasteiger partial charge in [-0.05, 0) is 35.2 Å². The van der Waals surface area contributed by atoms with E-state index in [0.29, 0.717) is 10.6 Å². The number of carbonyl (C=O) groups is 1. The summed E-state index contributed by atoms with van der Waals surface area (Å²) in [5.74, 6) is 0.334. The molecule has 0 unspecified atom stereocenters. The van der Waals surface area contributed by atoms with Crippen LogP contribution >= 0.6 is 11.3 Å². The Morgan fingerprint density at radius 3 is 2.32 bits per heavy atom. The Kier molecular flexibility index (Phi) is 5.87. The minimum Gasteiger partial charge on any atom is -0.484 e. The molecule has 0 bridgehead atoms. The number of nitrogens with one attached hydrogen (secondary N) is 1. The van der Waals surface area contributed by atoms with E-state index >= 15 is 0 Å². The minimum atomic E-state index is -3.70. The molecule has 1 aromatic carbocycles. The van der Waals surface area contributed by atoms with Gasteiger partial charge < -0.3 is 10.1 Å². The number of amides is 1. The van der Waals surface area contributed by atoms with Crippen LogP contribution in [0.5, 0.6) is 5.75 Å². The molecule has 0 saturated heterocycles. The van der Waals surface area contributed by atoms with E-state index in [1.807, 2.05) is 24.3 Å². The number of ether oxygens (including phenoxy) is 1. The number of nitrogens with two attached hydrogens (primary N) is 1. The highest BCUT2D eigenvalue weighted by molar-refractivity contribution is 7.91. The number of primary sulfonamides is 1. The molecule has 0 aliphatic rings. The molecule has 3 N–H and O–H groups in total. The van der Waals surface area contributed by atoms with Crippen LogP contribution in [0.25, 0.3) is 0 Å². The fourth-order valence-corrected chi connectivity index (χ4v) is 3.76. The first-order chi connectivity index (χ1) is 11.6. The number of sulfonamides is 1. The second-order valence-electron chi connectivity index (χ2n) is 6.61. The molecule has 0 radical (unpaired) electrons. The van der Waals surface area contributed by atoms with Crippen molar-refractivity contribution in [3.05, 3.63) is 46.8 Å². The first-order valence-corrected chi connectivity index (χ1v) is 10.0. The average Bonchev–Trinajstić information content (AvgIpc) is 2.99. The van der Waals surface area contributed by atoms with Gasteiger partial charge in [0.15, 0.2) is 6.61 Å². The number of rotatable bonds is 6. The Morgan fingerprint density at radius 2 is 1.80 bits per heavy atom. The molecule has 1 heterocycles. The van der Waals surface area contributed by atoms with E-state index < -0.39 is 10.0 Å². The lowest BCUT2D eigenvalue weighted by Crippen LogP contribution is -2.28. The zero-order valence-electron chi connectivity index (χ0n) is 14.4. The van der Waals surface area contributed by atoms with Gasteiger partial charge in [0.2, 0.25) is 10.0 Å². The molecular weight excluding hydrogens is 360 g/mol. The zero-order chi connectivity index (χ0) is 18.7. The number of thiophene rings is 1. The first kappa shape index (κ1) is 19.4. The van der Waals surface area contributed by atoms with Crippen molar-refractivity contribution in [3.63, 3.8) is 0 Å². The van der Waals surface area contributed by atoms with Crippen molar-refractivity contribution < 1.29 is 17.9 Å². The van der Waals surface area contributed by atoms with Crippen molar-refractivity contribution in [2.24, 2.45) is 5.14 Å². The Hall–Kier alpha value is -1.90. The standard InChI is InChI=1S/C17H22N2O4S2/c1-17(2,3)12-4-6-13(7-5-12)23-11-15(20)19-10-14-8-9-16(24-14)25(18,21)22/h4-9H,10-11H2,1-3H3,(H,19,20)(H2,18,21,22). The fourth-order valence-electron chi connectivity index (χ4n) is 2.04. The molecule has 6 nitrogen and oxygen atoms in total. The first-order valence-electron chi connectivity index (χ1n) is 7.67. The topological polar surface area (TPSA) is 98.5 Å². The summed E-state index contributed by atoms with van der Waals surface area (Å²) in [7, 11) is -3.70. The Morgan fingerprint density at radius 1 is 1.16 bits per heavy atom. The lowest BCUT2D eigenvalue weighted by atomic mass is 9.87. The van der Waals surface area contributed by atoms with Crippen LogP contribution in [-0.4, -0.2) is 20.9 Å². The smallest absolute Gasteiger partial charge is 0.258 e. The summed E-state index contributed by atoms with van der Waals surface area (Å²) in [5.41, 5.74) is 1.25. The third-order valence-electron chi connectivity index (χ3n) is 3.47. The molecule has 136 valence electrons. The third-order valence-corrected chi connectivity index (χ3v) is 5.99. The normalized spacial score (nSPS) is 12.0. The van der Waals surface area contributed by atoms with E-state index in [9.17, 15) is 13.2 Å². The molecule has 0 saturated carbocycles. The molecular formula is C17H22N2O4S2. The molecule has 0 aliphatic heterocycles. The average molecular weight is 383 g/mol. The Balaban J connectivity index is 1.82. The van der Waals surface area contributed by atoms with Gasteiger partial charge in [0.25, 0.3) is 5.91 Å². The van der Waals surface area contributed by atoms with Crippen molar-refractivity contribution in [1.82, 2.24) is 5.32 Å². The molecule has 8 heteroatoms. The molecule has 0 fully saturated rings. The quantitative estimate of drug-likeness (QED) is 0.801. The van der Waals surface area contributed by atoms with Crippen molar-refractivity contribution in [2.45, 2.75) is 36.9 Å². The Labute approximate surface area is 152 Å². The van der Waals surface area contributed by atoms with Crippen LogP contribution in [0.2, 0.25) is 0 Å². The molecule has 25 heavy (non-hydrogen) atoms. The van der Waals surface area contributed by atoms with Crippen molar-refractivity contribution >= 4 is 27.3 Å². The van der Waals surface area contributed by atoms with E-state index in [1.54, 1.807) is 6.07 Å². The van der Waals surface area contributed by atoms with E-state index in [0.717, 1.165) is 11.3 Å². The summed E-state index contributed by atoms with van der Waals surface area (Å²) in [6.45, 7) is 6.50. The SMILES string of the molecule is CC(C)(C)c1ccc(OCC(=O)NCc2ccc(S(N)(=O)=O)s2)cc1. The minimum absolute atomic E-state index is 0.0620. The maximum Gasteiger partial charge on any atom is 0.258 e. The van der Waals surface area contributed by atoms with E-state index in [1.165, 1.54) is 11.6 Å². The number of benzene rings is 1. The molecule has 0 atom stereocenters. The van der Waals surface area contributed by atoms with Gasteiger partial charge in [-0.2, -0.15) is 0 Å². The van der Waals surface area contributed by atoms with Crippen molar-refractivity contribution in [2.75, 3.05) is 6.61 Å². The van der Waals surface area contributed by atoms with Gasteiger partial charge in [0.05, 0.1) is 6.54 Å². The summed E-state index contributed by atoms with van der Waals surface area (Å²) in [4.78, 5) is 12.5. The van der Waals surface area contributed by atoms with Gasteiger partial charge in [-0.25, -0.2) is 13.6 Å². The lowest BCUT2D eigenvalue weighted by Gasteiger charge is -2.19. The number of hydrogen-bond acceptors (Lipinski definition) is 5. The molecule has 0 spiro atoms. The Bertz CT molecular complexity index is 834. The zero-order valence-corrected chi connectivity index (χ0v) is 16.0. The van der Waals surface area contributed by atoms with Crippen LogP contribution in [0.4, 0.5) is 0 Å². The monoisotopic (exact) mass is 382 g/mol. The van der Waals surface area contributed by atoms with Crippen LogP contribution in [-0.2, 0) is 26.8 Å². The van der Waals surface area contributed by atoms with Crippen LogP contribution in [0.3, 0.4) is 0 Å². The highest BCUT2D eigenvalue weighted by Crippen LogP contribution is 2.24. The maximum absolute atomic E-state index is 11.8. The maximum atomic E-state index is 11.8. The van der Waals surface area contributed by atoms with Crippen LogP contribution in [0, 0.1) is 0 Å².